The van der Waals surface area contributed by atoms with Crippen LogP contribution in [0, 0.1) is 0 Å². The molecule has 3 aromatic rings. The van der Waals surface area contributed by atoms with Crippen LogP contribution in [0.2, 0.25) is 0 Å². The Morgan fingerprint density at radius 3 is 2.41 bits per heavy atom. The lowest BCUT2D eigenvalue weighted by Gasteiger charge is -2.19. The van der Waals surface area contributed by atoms with Gasteiger partial charge in [-0.1, -0.05) is 36.4 Å². The third-order valence-corrected chi connectivity index (χ3v) is 3.68. The minimum absolute atomic E-state index is 0.375. The van der Waals surface area contributed by atoms with E-state index in [1.54, 1.807) is 18.2 Å². The van der Waals surface area contributed by atoms with Gasteiger partial charge >= 0.3 is 0 Å². The topological polar surface area (TPSA) is 55.4 Å². The van der Waals surface area contributed by atoms with Gasteiger partial charge in [0.2, 0.25) is 0 Å². The van der Waals surface area contributed by atoms with Gasteiger partial charge < -0.3 is 4.74 Å². The van der Waals surface area contributed by atoms with Crippen molar-refractivity contribution in [2.24, 2.45) is 0 Å². The summed E-state index contributed by atoms with van der Waals surface area (Å²) in [5, 5.41) is 3.85. The van der Waals surface area contributed by atoms with E-state index in [1.165, 1.54) is 0 Å². The van der Waals surface area contributed by atoms with Gasteiger partial charge in [0.1, 0.15) is 11.5 Å². The van der Waals surface area contributed by atoms with Crippen molar-refractivity contribution < 1.29 is 14.3 Å². The van der Waals surface area contributed by atoms with Gasteiger partial charge in [-0.15, -0.1) is 0 Å². The Bertz CT molecular complexity index is 916. The number of rotatable bonds is 2. The summed E-state index contributed by atoms with van der Waals surface area (Å²) in [6.45, 7) is 0. The molecule has 22 heavy (non-hydrogen) atoms. The lowest BCUT2D eigenvalue weighted by atomic mass is 9.94. The van der Waals surface area contributed by atoms with Crippen LogP contribution >= 0.6 is 0 Å². The number of imide groups is 1. The summed E-state index contributed by atoms with van der Waals surface area (Å²) >= 11 is 0. The van der Waals surface area contributed by atoms with Gasteiger partial charge in [-0.3, -0.25) is 14.9 Å². The van der Waals surface area contributed by atoms with Gasteiger partial charge in [-0.2, -0.15) is 0 Å². The Kier molecular flexibility index (Phi) is 2.69. The molecule has 1 aliphatic heterocycles. The van der Waals surface area contributed by atoms with Crippen molar-refractivity contribution in [1.29, 1.82) is 0 Å². The fourth-order valence-corrected chi connectivity index (χ4v) is 2.71. The molecule has 106 valence electrons. The molecule has 0 fully saturated rings. The minimum atomic E-state index is -0.430. The average Bonchev–Trinajstić information content (AvgIpc) is 2.54. The maximum absolute atomic E-state index is 12.3. The van der Waals surface area contributed by atoms with Crippen LogP contribution in [-0.4, -0.2) is 11.8 Å². The molecule has 0 aromatic heterocycles. The Morgan fingerprint density at radius 2 is 1.59 bits per heavy atom. The van der Waals surface area contributed by atoms with Gasteiger partial charge in [0.25, 0.3) is 11.8 Å². The van der Waals surface area contributed by atoms with Crippen LogP contribution in [-0.2, 0) is 0 Å². The summed E-state index contributed by atoms with van der Waals surface area (Å²) in [7, 11) is 0. The van der Waals surface area contributed by atoms with Gasteiger partial charge in [-0.05, 0) is 29.7 Å². The first-order valence-corrected chi connectivity index (χ1v) is 6.88. The van der Waals surface area contributed by atoms with Crippen molar-refractivity contribution in [2.75, 3.05) is 0 Å². The zero-order valence-corrected chi connectivity index (χ0v) is 11.5. The van der Waals surface area contributed by atoms with E-state index in [-0.39, 0.29) is 5.91 Å². The highest BCUT2D eigenvalue weighted by Crippen LogP contribution is 2.35. The number of benzene rings is 3. The van der Waals surface area contributed by atoms with Crippen LogP contribution in [0.3, 0.4) is 0 Å². The van der Waals surface area contributed by atoms with Gasteiger partial charge in [-0.25, -0.2) is 0 Å². The highest BCUT2D eigenvalue weighted by molar-refractivity contribution is 6.26. The number of hydrogen-bond donors (Lipinski definition) is 1. The minimum Gasteiger partial charge on any atom is -0.457 e. The molecular formula is C18H11NO3. The standard InChI is InChI=1S/C18H11NO3/c20-17-13-8-4-5-11-9-10-14(16(15(11)13)18(21)19-17)22-12-6-2-1-3-7-12/h1-10H,(H,19,20,21). The predicted molar refractivity (Wildman–Crippen MR) is 82.3 cm³/mol. The summed E-state index contributed by atoms with van der Waals surface area (Å²) in [6, 6.07) is 18.2. The van der Waals surface area contributed by atoms with Crippen LogP contribution in [0.1, 0.15) is 20.7 Å². The number of carbonyl (C=O) groups is 2. The quantitative estimate of drug-likeness (QED) is 0.734. The van der Waals surface area contributed by atoms with Crippen molar-refractivity contribution in [3.05, 3.63) is 71.8 Å². The van der Waals surface area contributed by atoms with Crippen LogP contribution in [0.4, 0.5) is 0 Å². The lowest BCUT2D eigenvalue weighted by molar-refractivity contribution is 0.0843. The second-order valence-corrected chi connectivity index (χ2v) is 5.04. The first-order valence-electron chi connectivity index (χ1n) is 6.88. The average molecular weight is 289 g/mol. The molecule has 0 saturated heterocycles. The molecule has 2 amide bonds. The summed E-state index contributed by atoms with van der Waals surface area (Å²) < 4.78 is 5.83. The maximum atomic E-state index is 12.3. The highest BCUT2D eigenvalue weighted by atomic mass is 16.5. The third kappa shape index (κ3) is 1.85. The molecule has 0 aliphatic carbocycles. The second-order valence-electron chi connectivity index (χ2n) is 5.04. The number of para-hydroxylation sites is 1. The molecule has 0 unspecified atom stereocenters. The molecule has 1 N–H and O–H groups in total. The second kappa shape index (κ2) is 4.70. The summed E-state index contributed by atoms with van der Waals surface area (Å²) in [5.74, 6) is 0.275. The lowest BCUT2D eigenvalue weighted by Crippen LogP contribution is -2.34. The van der Waals surface area contributed by atoms with Gasteiger partial charge in [0.05, 0.1) is 5.56 Å². The van der Waals surface area contributed by atoms with E-state index in [1.807, 2.05) is 42.5 Å². The van der Waals surface area contributed by atoms with E-state index in [0.29, 0.717) is 28.0 Å². The Balaban J connectivity index is 1.97. The van der Waals surface area contributed by atoms with E-state index < -0.39 is 5.91 Å². The molecule has 1 heterocycles. The molecule has 0 saturated carbocycles. The SMILES string of the molecule is O=C1NC(=O)c2c(Oc3ccccc3)ccc3cccc1c23. The first kappa shape index (κ1) is 12.6. The summed E-state index contributed by atoms with van der Waals surface area (Å²) in [5.41, 5.74) is 0.891. The van der Waals surface area contributed by atoms with Crippen molar-refractivity contribution in [3.63, 3.8) is 0 Å². The van der Waals surface area contributed by atoms with Gasteiger partial charge in [0, 0.05) is 10.9 Å². The molecule has 0 atom stereocenters. The molecule has 0 radical (unpaired) electrons. The Hall–Kier alpha value is -3.14. The van der Waals surface area contributed by atoms with Crippen molar-refractivity contribution >= 4 is 22.6 Å². The molecule has 0 bridgehead atoms. The fraction of sp³-hybridized carbons (Fsp3) is 0. The van der Waals surface area contributed by atoms with Crippen LogP contribution in [0.5, 0.6) is 11.5 Å². The number of hydrogen-bond acceptors (Lipinski definition) is 3. The fourth-order valence-electron chi connectivity index (χ4n) is 2.71. The van der Waals surface area contributed by atoms with E-state index in [2.05, 4.69) is 5.32 Å². The van der Waals surface area contributed by atoms with Crippen molar-refractivity contribution in [3.8, 4) is 11.5 Å². The summed E-state index contributed by atoms with van der Waals surface area (Å²) in [6.07, 6.45) is 0. The Labute approximate surface area is 126 Å². The van der Waals surface area contributed by atoms with E-state index in [4.69, 9.17) is 4.74 Å². The normalized spacial score (nSPS) is 13.1. The van der Waals surface area contributed by atoms with Crippen LogP contribution < -0.4 is 10.1 Å². The molecule has 3 aromatic carbocycles. The van der Waals surface area contributed by atoms with Crippen LogP contribution in [0.25, 0.3) is 10.8 Å². The smallest absolute Gasteiger partial charge is 0.262 e. The first-order chi connectivity index (χ1) is 10.7. The number of ether oxygens (including phenoxy) is 1. The molecule has 4 rings (SSSR count). The third-order valence-electron chi connectivity index (χ3n) is 3.68. The number of nitrogens with one attached hydrogen (secondary N) is 1. The monoisotopic (exact) mass is 289 g/mol. The number of carbonyl (C=O) groups excluding carboxylic acids is 2. The maximum Gasteiger partial charge on any atom is 0.262 e. The van der Waals surface area contributed by atoms with E-state index in [9.17, 15) is 9.59 Å². The molecule has 4 heteroatoms. The van der Waals surface area contributed by atoms with Gasteiger partial charge in [0.15, 0.2) is 0 Å². The van der Waals surface area contributed by atoms with E-state index >= 15 is 0 Å². The molecule has 0 spiro atoms. The highest BCUT2D eigenvalue weighted by Gasteiger charge is 2.28. The zero-order valence-electron chi connectivity index (χ0n) is 11.5. The molecule has 1 aliphatic rings. The Morgan fingerprint density at radius 1 is 0.773 bits per heavy atom. The molecule has 4 nitrogen and oxygen atoms in total. The van der Waals surface area contributed by atoms with E-state index in [0.717, 1.165) is 5.39 Å². The number of amides is 2. The van der Waals surface area contributed by atoms with Crippen molar-refractivity contribution in [1.82, 2.24) is 5.32 Å². The predicted octanol–water partition coefficient (Wildman–Crippen LogP) is 3.52. The zero-order chi connectivity index (χ0) is 15.1. The molecular weight excluding hydrogens is 278 g/mol. The largest absolute Gasteiger partial charge is 0.457 e. The summed E-state index contributed by atoms with van der Waals surface area (Å²) in [4.78, 5) is 24.3. The van der Waals surface area contributed by atoms with Crippen molar-refractivity contribution in [2.45, 2.75) is 0 Å². The van der Waals surface area contributed by atoms with Crippen LogP contribution in [0.15, 0.2) is 60.7 Å².